The van der Waals surface area contributed by atoms with Gasteiger partial charge in [-0.25, -0.2) is 4.79 Å². The van der Waals surface area contributed by atoms with Crippen molar-refractivity contribution in [1.82, 2.24) is 5.32 Å². The third kappa shape index (κ3) is 3.80. The second kappa shape index (κ2) is 7.11. The Kier molecular flexibility index (Phi) is 4.92. The number of urea groups is 1. The average molecular weight is 406 g/mol. The van der Waals surface area contributed by atoms with Crippen molar-refractivity contribution in [3.05, 3.63) is 69.7 Å². The highest BCUT2D eigenvalue weighted by Gasteiger charge is 2.10. The van der Waals surface area contributed by atoms with E-state index in [-0.39, 0.29) is 11.8 Å². The molecule has 2 amide bonds. The number of amides is 2. The number of fused-ring (bicyclic) bond motifs is 1. The molecule has 0 aliphatic heterocycles. The minimum atomic E-state index is -0.365. The summed E-state index contributed by atoms with van der Waals surface area (Å²) in [5, 5.41) is 17.2. The molecule has 0 fully saturated rings. The highest BCUT2D eigenvalue weighted by molar-refractivity contribution is 9.10. The lowest BCUT2D eigenvalue weighted by Gasteiger charge is -2.12. The molecule has 6 heteroatoms. The number of hydrogen-bond acceptors (Lipinski definition) is 2. The van der Waals surface area contributed by atoms with Crippen molar-refractivity contribution in [3.8, 4) is 5.75 Å². The number of rotatable bonds is 3. The number of carbonyl (C=O) groups is 1. The quantitative estimate of drug-likeness (QED) is 0.555. The zero-order valence-corrected chi connectivity index (χ0v) is 14.9. The molecule has 0 bridgehead atoms. The number of phenols is 1. The molecular weight excluding hydrogens is 392 g/mol. The molecule has 3 N–H and O–H groups in total. The molecule has 0 aliphatic carbocycles. The molecule has 0 aliphatic rings. The first-order chi connectivity index (χ1) is 11.5. The Morgan fingerprint density at radius 1 is 1.08 bits per heavy atom. The van der Waals surface area contributed by atoms with E-state index in [4.69, 9.17) is 11.6 Å². The van der Waals surface area contributed by atoms with Crippen molar-refractivity contribution < 1.29 is 9.90 Å². The molecule has 0 saturated heterocycles. The molecule has 0 heterocycles. The summed E-state index contributed by atoms with van der Waals surface area (Å²) >= 11 is 9.58. The average Bonchev–Trinajstić information content (AvgIpc) is 2.57. The highest BCUT2D eigenvalue weighted by Crippen LogP contribution is 2.33. The highest BCUT2D eigenvalue weighted by atomic mass is 79.9. The van der Waals surface area contributed by atoms with Crippen LogP contribution < -0.4 is 10.6 Å². The van der Waals surface area contributed by atoms with E-state index in [2.05, 4.69) is 26.6 Å². The van der Waals surface area contributed by atoms with E-state index in [1.165, 1.54) is 0 Å². The van der Waals surface area contributed by atoms with E-state index >= 15 is 0 Å². The summed E-state index contributed by atoms with van der Waals surface area (Å²) in [4.78, 5) is 12.2. The lowest BCUT2D eigenvalue weighted by atomic mass is 10.1. The summed E-state index contributed by atoms with van der Waals surface area (Å²) < 4.78 is 0.984. The number of benzene rings is 3. The lowest BCUT2D eigenvalue weighted by Crippen LogP contribution is -2.28. The van der Waals surface area contributed by atoms with Crippen LogP contribution in [-0.2, 0) is 6.54 Å². The fraction of sp³-hybridized carbons (Fsp3) is 0.0556. The Labute approximate surface area is 152 Å². The largest absolute Gasteiger partial charge is 0.508 e. The Morgan fingerprint density at radius 2 is 1.79 bits per heavy atom. The van der Waals surface area contributed by atoms with Crippen LogP contribution in [0.1, 0.15) is 5.56 Å². The van der Waals surface area contributed by atoms with Gasteiger partial charge < -0.3 is 15.7 Å². The van der Waals surface area contributed by atoms with Gasteiger partial charge in [-0.3, -0.25) is 0 Å². The van der Waals surface area contributed by atoms with E-state index < -0.39 is 0 Å². The van der Waals surface area contributed by atoms with Crippen molar-refractivity contribution >= 4 is 50.0 Å². The maximum Gasteiger partial charge on any atom is 0.319 e. The molecule has 122 valence electrons. The molecule has 3 aromatic carbocycles. The van der Waals surface area contributed by atoms with Gasteiger partial charge in [-0.2, -0.15) is 0 Å². The molecule has 4 nitrogen and oxygen atoms in total. The smallest absolute Gasteiger partial charge is 0.319 e. The summed E-state index contributed by atoms with van der Waals surface area (Å²) in [5.41, 5.74) is 1.45. The normalized spacial score (nSPS) is 10.6. The third-order valence-electron chi connectivity index (χ3n) is 3.56. The first-order valence-corrected chi connectivity index (χ1v) is 8.40. The molecule has 0 radical (unpaired) electrons. The van der Waals surface area contributed by atoms with Crippen molar-refractivity contribution in [2.24, 2.45) is 0 Å². The first-order valence-electron chi connectivity index (χ1n) is 7.23. The van der Waals surface area contributed by atoms with Crippen LogP contribution in [0.5, 0.6) is 5.75 Å². The molecule has 0 spiro atoms. The van der Waals surface area contributed by atoms with Crippen molar-refractivity contribution in [3.63, 3.8) is 0 Å². The molecular formula is C18H14BrClN2O2. The van der Waals surface area contributed by atoms with Gasteiger partial charge in [0, 0.05) is 16.4 Å². The van der Waals surface area contributed by atoms with Crippen LogP contribution in [0.15, 0.2) is 59.1 Å². The van der Waals surface area contributed by atoms with E-state index in [9.17, 15) is 9.90 Å². The minimum Gasteiger partial charge on any atom is -0.508 e. The van der Waals surface area contributed by atoms with Gasteiger partial charge in [0.25, 0.3) is 0 Å². The van der Waals surface area contributed by atoms with Crippen molar-refractivity contribution in [2.75, 3.05) is 5.32 Å². The molecule has 0 unspecified atom stereocenters. The second-order valence-electron chi connectivity index (χ2n) is 5.26. The zero-order valence-electron chi connectivity index (χ0n) is 12.5. The Balaban J connectivity index is 1.76. The van der Waals surface area contributed by atoms with Crippen molar-refractivity contribution in [2.45, 2.75) is 6.54 Å². The monoisotopic (exact) mass is 404 g/mol. The van der Waals surface area contributed by atoms with Crippen LogP contribution in [0.3, 0.4) is 0 Å². The van der Waals surface area contributed by atoms with E-state index in [0.717, 1.165) is 15.4 Å². The molecule has 3 aromatic rings. The molecule has 0 saturated carbocycles. The van der Waals surface area contributed by atoms with Crippen LogP contribution in [-0.4, -0.2) is 11.1 Å². The van der Waals surface area contributed by atoms with Crippen LogP contribution in [0.4, 0.5) is 10.5 Å². The summed E-state index contributed by atoms with van der Waals surface area (Å²) in [6.07, 6.45) is 0. The van der Waals surface area contributed by atoms with Gasteiger partial charge in [-0.15, -0.1) is 0 Å². The van der Waals surface area contributed by atoms with Crippen LogP contribution >= 0.6 is 27.5 Å². The Morgan fingerprint density at radius 3 is 2.54 bits per heavy atom. The fourth-order valence-corrected chi connectivity index (χ4v) is 2.83. The number of aromatic hydroxyl groups is 1. The number of hydrogen-bond donors (Lipinski definition) is 3. The van der Waals surface area contributed by atoms with Crippen LogP contribution in [0.2, 0.25) is 5.02 Å². The Hall–Kier alpha value is -2.24. The van der Waals surface area contributed by atoms with Gasteiger partial charge in [0.15, 0.2) is 0 Å². The second-order valence-corrected chi connectivity index (χ2v) is 6.58. The Bertz CT molecular complexity index is 892. The third-order valence-corrected chi connectivity index (χ3v) is 4.40. The number of halogens is 2. The van der Waals surface area contributed by atoms with Crippen molar-refractivity contribution in [1.29, 1.82) is 0 Å². The summed E-state index contributed by atoms with van der Waals surface area (Å²) in [7, 11) is 0. The fourth-order valence-electron chi connectivity index (χ4n) is 2.35. The van der Waals surface area contributed by atoms with Gasteiger partial charge in [0.1, 0.15) is 5.75 Å². The number of phenolic OH excluding ortho intramolecular Hbond substituents is 1. The van der Waals surface area contributed by atoms with Gasteiger partial charge in [0.05, 0.1) is 10.7 Å². The minimum absolute atomic E-state index is 0.114. The van der Waals surface area contributed by atoms with E-state index in [0.29, 0.717) is 22.6 Å². The number of anilines is 1. The first kappa shape index (κ1) is 16.6. The van der Waals surface area contributed by atoms with E-state index in [1.807, 2.05) is 30.3 Å². The maximum atomic E-state index is 12.2. The van der Waals surface area contributed by atoms with E-state index in [1.54, 1.807) is 24.3 Å². The van der Waals surface area contributed by atoms with Gasteiger partial charge in [-0.05, 0) is 41.3 Å². The van der Waals surface area contributed by atoms with Gasteiger partial charge in [-0.1, -0.05) is 51.8 Å². The molecule has 24 heavy (non-hydrogen) atoms. The molecule has 3 rings (SSSR count). The number of carbonyl (C=O) groups excluding carboxylic acids is 1. The molecule has 0 aromatic heterocycles. The van der Waals surface area contributed by atoms with Crippen LogP contribution in [0, 0.1) is 0 Å². The zero-order chi connectivity index (χ0) is 17.1. The van der Waals surface area contributed by atoms with Gasteiger partial charge >= 0.3 is 6.03 Å². The van der Waals surface area contributed by atoms with Gasteiger partial charge in [0.2, 0.25) is 0 Å². The lowest BCUT2D eigenvalue weighted by molar-refractivity contribution is 0.252. The predicted molar refractivity (Wildman–Crippen MR) is 101 cm³/mol. The summed E-state index contributed by atoms with van der Waals surface area (Å²) in [5.74, 6) is 0.114. The maximum absolute atomic E-state index is 12.2. The molecule has 0 atom stereocenters. The summed E-state index contributed by atoms with van der Waals surface area (Å²) in [6.45, 7) is 0.396. The van der Waals surface area contributed by atoms with Crippen LogP contribution in [0.25, 0.3) is 10.8 Å². The SMILES string of the molecule is O=C(NCc1ccc(Br)cc1)Nc1c(Cl)ccc2ccc(O)cc12. The summed E-state index contributed by atoms with van der Waals surface area (Å²) in [6, 6.07) is 15.8. The number of nitrogens with one attached hydrogen (secondary N) is 2. The standard InChI is InChI=1S/C18H14BrClN2O2/c19-13-5-1-11(2-6-13)10-21-18(24)22-17-15-9-14(23)7-3-12(15)4-8-16(17)20/h1-9,23H,10H2,(H2,21,22,24). The predicted octanol–water partition coefficient (Wildman–Crippen LogP) is 5.28. The topological polar surface area (TPSA) is 61.4 Å².